The molecule has 0 amide bonds. The summed E-state index contributed by atoms with van der Waals surface area (Å²) in [5.41, 5.74) is 8.50. The van der Waals surface area contributed by atoms with Gasteiger partial charge in [0.1, 0.15) is 0 Å². The number of nitrogens with two attached hydrogens (primary N) is 1. The maximum Gasteiger partial charge on any atom is 0.273 e. The summed E-state index contributed by atoms with van der Waals surface area (Å²) >= 11 is 0. The van der Waals surface area contributed by atoms with Crippen LogP contribution >= 0.6 is 0 Å². The minimum Gasteiger partial charge on any atom is -0.398 e. The molecule has 0 aliphatic carbocycles. The Morgan fingerprint density at radius 3 is 2.57 bits per heavy atom. The van der Waals surface area contributed by atoms with E-state index in [4.69, 9.17) is 5.73 Å². The summed E-state index contributed by atoms with van der Waals surface area (Å²) in [5, 5.41) is 15.1. The number of hydrogen-bond donors (Lipinski definition) is 1. The van der Waals surface area contributed by atoms with Crippen LogP contribution in [0.5, 0.6) is 0 Å². The van der Waals surface area contributed by atoms with Crippen molar-refractivity contribution in [2.24, 2.45) is 0 Å². The van der Waals surface area contributed by atoms with Crippen LogP contribution in [-0.4, -0.2) is 14.7 Å². The highest BCUT2D eigenvalue weighted by molar-refractivity contribution is 5.63. The van der Waals surface area contributed by atoms with Crippen molar-refractivity contribution in [3.8, 4) is 16.8 Å². The van der Waals surface area contributed by atoms with Gasteiger partial charge in [-0.05, 0) is 11.6 Å². The molecule has 0 bridgehead atoms. The molecule has 0 atom stereocenters. The number of hydrogen-bond acceptors (Lipinski definition) is 4. The Bertz CT molecular complexity index is 796. The Hall–Kier alpha value is -3.15. The Balaban J connectivity index is 2.02. The number of nitro benzene ring substituents is 1. The molecule has 1 heterocycles. The van der Waals surface area contributed by atoms with Crippen molar-refractivity contribution in [1.82, 2.24) is 9.78 Å². The van der Waals surface area contributed by atoms with E-state index in [0.717, 1.165) is 11.1 Å². The van der Waals surface area contributed by atoms with Gasteiger partial charge in [0.2, 0.25) is 0 Å². The minimum atomic E-state index is -0.471. The molecule has 0 spiro atoms. The number of nitro groups is 1. The van der Waals surface area contributed by atoms with Crippen molar-refractivity contribution in [3.05, 3.63) is 71.0 Å². The molecule has 6 heteroatoms. The summed E-state index contributed by atoms with van der Waals surface area (Å²) in [7, 11) is 0. The minimum absolute atomic E-state index is 0.0539. The van der Waals surface area contributed by atoms with E-state index in [1.807, 2.05) is 36.5 Å². The van der Waals surface area contributed by atoms with Crippen LogP contribution in [0.4, 0.5) is 11.4 Å². The molecule has 0 aliphatic heterocycles. The molecule has 0 fully saturated rings. The molecule has 0 aliphatic rings. The molecule has 0 radical (unpaired) electrons. The van der Waals surface area contributed by atoms with Crippen molar-refractivity contribution in [2.75, 3.05) is 5.73 Å². The lowest BCUT2D eigenvalue weighted by atomic mass is 10.1. The van der Waals surface area contributed by atoms with Crippen molar-refractivity contribution in [1.29, 1.82) is 0 Å². The zero-order valence-electron chi connectivity index (χ0n) is 11.0. The molecule has 6 nitrogen and oxygen atoms in total. The molecular weight excluding hydrogens is 268 g/mol. The van der Waals surface area contributed by atoms with Crippen LogP contribution < -0.4 is 5.73 Å². The van der Waals surface area contributed by atoms with Gasteiger partial charge in [-0.15, -0.1) is 0 Å². The number of nitrogens with zero attached hydrogens (tertiary/aromatic N) is 3. The average molecular weight is 280 g/mol. The average Bonchev–Trinajstić information content (AvgIpc) is 2.97. The normalized spacial score (nSPS) is 10.5. The molecule has 2 N–H and O–H groups in total. The quantitative estimate of drug-likeness (QED) is 0.454. The van der Waals surface area contributed by atoms with Crippen LogP contribution in [0.25, 0.3) is 16.8 Å². The summed E-state index contributed by atoms with van der Waals surface area (Å²) in [6.07, 6.45) is 3.53. The lowest BCUT2D eigenvalue weighted by Gasteiger charge is -2.03. The summed E-state index contributed by atoms with van der Waals surface area (Å²) in [4.78, 5) is 10.4. The fourth-order valence-corrected chi connectivity index (χ4v) is 2.10. The van der Waals surface area contributed by atoms with E-state index in [9.17, 15) is 10.1 Å². The molecular formula is C15H12N4O2. The maximum absolute atomic E-state index is 10.9. The van der Waals surface area contributed by atoms with E-state index in [1.54, 1.807) is 16.9 Å². The van der Waals surface area contributed by atoms with Gasteiger partial charge < -0.3 is 5.73 Å². The summed E-state index contributed by atoms with van der Waals surface area (Å²) in [6.45, 7) is 0. The first-order valence-electron chi connectivity index (χ1n) is 6.29. The highest BCUT2D eigenvalue weighted by Gasteiger charge is 2.11. The van der Waals surface area contributed by atoms with Crippen LogP contribution in [0, 0.1) is 10.1 Å². The van der Waals surface area contributed by atoms with Gasteiger partial charge in [-0.1, -0.05) is 30.3 Å². The van der Waals surface area contributed by atoms with E-state index in [1.165, 1.54) is 12.1 Å². The number of non-ortho nitro benzene ring substituents is 1. The summed E-state index contributed by atoms with van der Waals surface area (Å²) in [6, 6.07) is 14.2. The third kappa shape index (κ3) is 2.59. The van der Waals surface area contributed by atoms with E-state index >= 15 is 0 Å². The Morgan fingerprint density at radius 1 is 1.10 bits per heavy atom. The first kappa shape index (κ1) is 12.9. The largest absolute Gasteiger partial charge is 0.398 e. The lowest BCUT2D eigenvalue weighted by molar-refractivity contribution is -0.384. The third-order valence-electron chi connectivity index (χ3n) is 3.09. The van der Waals surface area contributed by atoms with E-state index in [-0.39, 0.29) is 5.69 Å². The van der Waals surface area contributed by atoms with Crippen LogP contribution in [-0.2, 0) is 0 Å². The molecule has 0 unspecified atom stereocenters. The van der Waals surface area contributed by atoms with Crippen molar-refractivity contribution >= 4 is 11.4 Å². The van der Waals surface area contributed by atoms with Gasteiger partial charge in [0.05, 0.1) is 16.8 Å². The topological polar surface area (TPSA) is 87.0 Å². The number of nitrogen functional groups attached to an aromatic ring is 1. The van der Waals surface area contributed by atoms with E-state index in [0.29, 0.717) is 11.4 Å². The summed E-state index contributed by atoms with van der Waals surface area (Å²) < 4.78 is 1.58. The Labute approximate surface area is 120 Å². The second-order valence-corrected chi connectivity index (χ2v) is 4.58. The van der Waals surface area contributed by atoms with Crippen molar-refractivity contribution < 1.29 is 4.92 Å². The maximum atomic E-state index is 10.9. The number of aromatic nitrogens is 2. The fraction of sp³-hybridized carbons (Fsp3) is 0. The lowest BCUT2D eigenvalue weighted by Crippen LogP contribution is -1.98. The Kier molecular flexibility index (Phi) is 3.12. The zero-order valence-corrected chi connectivity index (χ0v) is 11.0. The third-order valence-corrected chi connectivity index (χ3v) is 3.09. The number of rotatable bonds is 3. The molecule has 3 rings (SSSR count). The first-order valence-corrected chi connectivity index (χ1v) is 6.29. The molecule has 2 aromatic carbocycles. The van der Waals surface area contributed by atoms with Crippen molar-refractivity contribution in [3.63, 3.8) is 0 Å². The van der Waals surface area contributed by atoms with Crippen molar-refractivity contribution in [2.45, 2.75) is 0 Å². The highest BCUT2D eigenvalue weighted by atomic mass is 16.6. The smallest absolute Gasteiger partial charge is 0.273 e. The monoisotopic (exact) mass is 280 g/mol. The molecule has 0 saturated heterocycles. The molecule has 0 saturated carbocycles. The highest BCUT2D eigenvalue weighted by Crippen LogP contribution is 2.24. The van der Waals surface area contributed by atoms with Crippen LogP contribution in [0.1, 0.15) is 0 Å². The van der Waals surface area contributed by atoms with E-state index < -0.39 is 4.92 Å². The van der Waals surface area contributed by atoms with Gasteiger partial charge in [0.25, 0.3) is 5.69 Å². The molecule has 3 aromatic rings. The second kappa shape index (κ2) is 5.09. The van der Waals surface area contributed by atoms with Crippen LogP contribution in [0.15, 0.2) is 60.9 Å². The Morgan fingerprint density at radius 2 is 1.86 bits per heavy atom. The fourth-order valence-electron chi connectivity index (χ4n) is 2.10. The van der Waals surface area contributed by atoms with E-state index in [2.05, 4.69) is 5.10 Å². The standard InChI is InChI=1S/C15H12N4O2/c16-13-6-14(8-15(7-13)19(20)21)18-10-12(9-17-18)11-4-2-1-3-5-11/h1-10H,16H2. The molecule has 21 heavy (non-hydrogen) atoms. The predicted octanol–water partition coefficient (Wildman–Crippen LogP) is 3.03. The van der Waals surface area contributed by atoms with Crippen LogP contribution in [0.3, 0.4) is 0 Å². The number of benzene rings is 2. The van der Waals surface area contributed by atoms with Gasteiger partial charge in [-0.2, -0.15) is 5.10 Å². The van der Waals surface area contributed by atoms with Gasteiger partial charge in [0, 0.05) is 29.6 Å². The molecule has 104 valence electrons. The molecule has 1 aromatic heterocycles. The van der Waals surface area contributed by atoms with Gasteiger partial charge in [-0.3, -0.25) is 10.1 Å². The predicted molar refractivity (Wildman–Crippen MR) is 80.1 cm³/mol. The zero-order chi connectivity index (χ0) is 14.8. The van der Waals surface area contributed by atoms with Gasteiger partial charge in [0.15, 0.2) is 0 Å². The van der Waals surface area contributed by atoms with Gasteiger partial charge >= 0.3 is 0 Å². The van der Waals surface area contributed by atoms with Gasteiger partial charge in [-0.25, -0.2) is 4.68 Å². The summed E-state index contributed by atoms with van der Waals surface area (Å²) in [5.74, 6) is 0. The first-order chi connectivity index (χ1) is 10.1. The number of anilines is 1. The van der Waals surface area contributed by atoms with Crippen LogP contribution in [0.2, 0.25) is 0 Å². The SMILES string of the molecule is Nc1cc(-n2cc(-c3ccccc3)cn2)cc([N+](=O)[O-])c1. The second-order valence-electron chi connectivity index (χ2n) is 4.58.